The lowest BCUT2D eigenvalue weighted by Crippen LogP contribution is -2.28. The zero-order valence-electron chi connectivity index (χ0n) is 35.5. The summed E-state index contributed by atoms with van der Waals surface area (Å²) in [5.41, 5.74) is 17.2. The predicted molar refractivity (Wildman–Crippen MR) is 272 cm³/mol. The quantitative estimate of drug-likeness (QED) is 0.173. The molecule has 0 unspecified atom stereocenters. The summed E-state index contributed by atoms with van der Waals surface area (Å²) in [5.74, 6) is 0. The molecular weight excluding hydrogens is 795 g/mol. The first kappa shape index (κ1) is 36.8. The smallest absolute Gasteiger partial charge is 0.0950 e. The molecule has 4 heterocycles. The Morgan fingerprint density at radius 2 is 1.06 bits per heavy atom. The second kappa shape index (κ2) is 14.1. The van der Waals surface area contributed by atoms with Gasteiger partial charge in [0.25, 0.3) is 0 Å². The van der Waals surface area contributed by atoms with Crippen molar-refractivity contribution in [2.24, 2.45) is 0 Å². The Kier molecular flexibility index (Phi) is 8.12. The fourth-order valence-electron chi connectivity index (χ4n) is 10.9. The van der Waals surface area contributed by atoms with Gasteiger partial charge in [-0.15, -0.1) is 11.3 Å². The summed E-state index contributed by atoms with van der Waals surface area (Å²) in [4.78, 5) is 5.32. The Labute approximate surface area is 374 Å². The molecule has 3 nitrogen and oxygen atoms in total. The third kappa shape index (κ3) is 5.06. The summed E-state index contributed by atoms with van der Waals surface area (Å²) >= 11 is 1.88. The number of hydrogen-bond donors (Lipinski definition) is 0. The van der Waals surface area contributed by atoms with E-state index in [0.717, 1.165) is 33.5 Å². The molecule has 0 bridgehead atoms. The van der Waals surface area contributed by atoms with Crippen LogP contribution in [0, 0.1) is 0 Å². The molecule has 13 aromatic rings. The third-order valence-corrected chi connectivity index (χ3v) is 14.7. The zero-order valence-corrected chi connectivity index (χ0v) is 36.3. The number of aromatic nitrogens is 3. The average Bonchev–Trinajstić information content (AvgIpc) is 4.10. The van der Waals surface area contributed by atoms with Gasteiger partial charge in [-0.2, -0.15) is 0 Å². The summed E-state index contributed by atoms with van der Waals surface area (Å²) in [6.45, 7) is 4.00. The van der Waals surface area contributed by atoms with Crippen molar-refractivity contribution in [1.29, 1.82) is 0 Å². The zero-order chi connectivity index (χ0) is 42.5. The van der Waals surface area contributed by atoms with E-state index in [9.17, 15) is 0 Å². The van der Waals surface area contributed by atoms with E-state index in [4.69, 9.17) is 4.98 Å². The van der Waals surface area contributed by atoms with Gasteiger partial charge in [-0.3, -0.25) is 0 Å². The fourth-order valence-corrected chi connectivity index (χ4v) is 12.1. The van der Waals surface area contributed by atoms with Crippen molar-refractivity contribution in [3.05, 3.63) is 235 Å². The van der Waals surface area contributed by atoms with Crippen molar-refractivity contribution in [3.8, 4) is 28.1 Å². The summed E-state index contributed by atoms with van der Waals surface area (Å²) in [7, 11) is 0. The molecular formula is C60H41N3S. The van der Waals surface area contributed by atoms with Crippen molar-refractivity contribution in [2.75, 3.05) is 0 Å². The van der Waals surface area contributed by atoms with Crippen molar-refractivity contribution in [1.82, 2.24) is 14.0 Å². The van der Waals surface area contributed by atoms with Gasteiger partial charge in [0.1, 0.15) is 0 Å². The highest BCUT2D eigenvalue weighted by molar-refractivity contribution is 7.25. The van der Waals surface area contributed by atoms with Gasteiger partial charge in [0.15, 0.2) is 0 Å². The lowest BCUT2D eigenvalue weighted by Gasteiger charge is -2.33. The highest BCUT2D eigenvalue weighted by atomic mass is 32.1. The van der Waals surface area contributed by atoms with E-state index in [1.165, 1.54) is 86.3 Å². The molecule has 4 heteroatoms. The second-order valence-corrected chi connectivity index (χ2v) is 17.7. The molecule has 0 saturated carbocycles. The normalized spacial score (nSPS) is 13.0. The lowest BCUT2D eigenvalue weighted by atomic mass is 9.67. The number of fused-ring (bicyclic) bond motifs is 14. The van der Waals surface area contributed by atoms with Crippen LogP contribution in [0.5, 0.6) is 0 Å². The molecule has 0 atom stereocenters. The van der Waals surface area contributed by atoms with Crippen molar-refractivity contribution in [3.63, 3.8) is 0 Å². The van der Waals surface area contributed by atoms with E-state index in [2.05, 4.69) is 221 Å². The topological polar surface area (TPSA) is 22.2 Å². The van der Waals surface area contributed by atoms with Crippen LogP contribution in [0.4, 0.5) is 0 Å². The Hall–Kier alpha value is -7.79. The van der Waals surface area contributed by atoms with E-state index in [0.29, 0.717) is 0 Å². The van der Waals surface area contributed by atoms with Crippen LogP contribution >= 0.6 is 11.3 Å². The van der Waals surface area contributed by atoms with Crippen LogP contribution in [-0.2, 0) is 5.41 Å². The maximum absolute atomic E-state index is 5.32. The monoisotopic (exact) mass is 835 g/mol. The van der Waals surface area contributed by atoms with Crippen LogP contribution < -0.4 is 0 Å². The van der Waals surface area contributed by atoms with Crippen LogP contribution in [0.15, 0.2) is 212 Å². The van der Waals surface area contributed by atoms with E-state index in [1.807, 2.05) is 25.2 Å². The number of benzene rings is 9. The highest BCUT2D eigenvalue weighted by Crippen LogP contribution is 2.57. The number of rotatable bonds is 4. The Balaban J connectivity index is 0.00000204. The van der Waals surface area contributed by atoms with Crippen LogP contribution in [0.2, 0.25) is 0 Å². The Morgan fingerprint density at radius 1 is 0.422 bits per heavy atom. The minimum atomic E-state index is -0.484. The molecule has 0 fully saturated rings. The molecule has 0 radical (unpaired) electrons. The molecule has 1 aliphatic rings. The predicted octanol–water partition coefficient (Wildman–Crippen LogP) is 16.2. The average molecular weight is 836 g/mol. The van der Waals surface area contributed by atoms with Crippen molar-refractivity contribution < 1.29 is 0 Å². The maximum Gasteiger partial charge on any atom is 0.0950 e. The van der Waals surface area contributed by atoms with E-state index >= 15 is 0 Å². The second-order valence-electron chi connectivity index (χ2n) is 16.7. The molecule has 14 rings (SSSR count). The van der Waals surface area contributed by atoms with E-state index in [1.54, 1.807) is 0 Å². The Bertz CT molecular complexity index is 3930. The molecule has 0 saturated heterocycles. The largest absolute Gasteiger partial charge is 0.309 e. The summed E-state index contributed by atoms with van der Waals surface area (Å²) in [5, 5.41) is 6.32. The van der Waals surface area contributed by atoms with Crippen LogP contribution in [-0.4, -0.2) is 14.0 Å². The fraction of sp³-hybridized carbons (Fsp3) is 0.0500. The van der Waals surface area contributed by atoms with Gasteiger partial charge < -0.3 is 8.97 Å². The number of para-hydroxylation sites is 3. The molecule has 64 heavy (non-hydrogen) atoms. The molecule has 302 valence electrons. The van der Waals surface area contributed by atoms with Crippen LogP contribution in [0.1, 0.15) is 36.1 Å². The molecule has 4 aromatic heterocycles. The minimum absolute atomic E-state index is 0.484. The van der Waals surface area contributed by atoms with Crippen LogP contribution in [0.3, 0.4) is 0 Å². The van der Waals surface area contributed by atoms with Crippen molar-refractivity contribution in [2.45, 2.75) is 19.3 Å². The SMILES string of the molecule is CC.c1ccc(C2(c3ccccc3)c3ccccc3-c3cc4c(cc32)c2cc3sc5ccccc5c3cc2n4-c2ccc(-c3nc4ccccc4n4c3cc3ccccc34)cc2)cc1. The molecule has 0 amide bonds. The first-order chi connectivity index (χ1) is 31.7. The van der Waals surface area contributed by atoms with E-state index in [-0.39, 0.29) is 0 Å². The van der Waals surface area contributed by atoms with Gasteiger partial charge in [0.2, 0.25) is 0 Å². The molecule has 9 aromatic carbocycles. The molecule has 0 aliphatic heterocycles. The maximum atomic E-state index is 5.32. The highest BCUT2D eigenvalue weighted by Gasteiger charge is 2.46. The number of hydrogen-bond acceptors (Lipinski definition) is 2. The third-order valence-electron chi connectivity index (χ3n) is 13.5. The summed E-state index contributed by atoms with van der Waals surface area (Å²) < 4.78 is 7.49. The standard InChI is InChI=1S/C58H35N3S.C2H6/c1-3-16-38(17-4-1)58(39-18-5-2-6-19-39)47-22-10-8-20-41(47)43-33-52-44(32-48(43)58)45-35-56-46(42-21-9-14-26-55(42)62-56)34-53(45)60(52)40-29-27-36(28-30-40)57-54-31-37-15-7-12-24-50(37)61(54)51-25-13-11-23-49(51)59-57;1-2/h1-35H;1-2H3. The molecule has 1 aliphatic carbocycles. The summed E-state index contributed by atoms with van der Waals surface area (Å²) in [6, 6.07) is 78.5. The molecule has 0 spiro atoms. The Morgan fingerprint density at radius 3 is 1.86 bits per heavy atom. The van der Waals surface area contributed by atoms with Gasteiger partial charge >= 0.3 is 0 Å². The van der Waals surface area contributed by atoms with Gasteiger partial charge in [0.05, 0.1) is 44.2 Å². The summed E-state index contributed by atoms with van der Waals surface area (Å²) in [6.07, 6.45) is 0. The van der Waals surface area contributed by atoms with Gasteiger partial charge in [-0.1, -0.05) is 159 Å². The van der Waals surface area contributed by atoms with Gasteiger partial charge in [-0.25, -0.2) is 4.98 Å². The minimum Gasteiger partial charge on any atom is -0.309 e. The number of nitrogens with zero attached hydrogens (tertiary/aromatic N) is 3. The van der Waals surface area contributed by atoms with Gasteiger partial charge in [0, 0.05) is 47.6 Å². The number of thiophene rings is 1. The first-order valence-electron chi connectivity index (χ1n) is 22.3. The lowest BCUT2D eigenvalue weighted by molar-refractivity contribution is 0.769. The van der Waals surface area contributed by atoms with Crippen molar-refractivity contribution >= 4 is 80.8 Å². The first-order valence-corrected chi connectivity index (χ1v) is 23.1. The van der Waals surface area contributed by atoms with Crippen LogP contribution in [0.25, 0.3) is 97.5 Å². The molecule has 0 N–H and O–H groups in total. The van der Waals surface area contributed by atoms with E-state index < -0.39 is 5.41 Å². The van der Waals surface area contributed by atoms with Gasteiger partial charge in [-0.05, 0) is 100 Å².